The summed E-state index contributed by atoms with van der Waals surface area (Å²) in [6.07, 6.45) is 5.25. The summed E-state index contributed by atoms with van der Waals surface area (Å²) in [7, 11) is 0. The van der Waals surface area contributed by atoms with Crippen molar-refractivity contribution in [2.75, 3.05) is 6.61 Å². The number of benzene rings is 1. The van der Waals surface area contributed by atoms with Crippen LogP contribution in [0.15, 0.2) is 35.9 Å². The van der Waals surface area contributed by atoms with Crippen molar-refractivity contribution >= 4 is 5.57 Å². The highest BCUT2D eigenvalue weighted by Crippen LogP contribution is 2.16. The van der Waals surface area contributed by atoms with Crippen LogP contribution in [0, 0.1) is 12.3 Å². The van der Waals surface area contributed by atoms with Crippen LogP contribution in [-0.2, 0) is 0 Å². The SMILES string of the molecule is C#C/C(CO)=C(/C)c1ccccc1. The molecule has 1 rings (SSSR count). The molecule has 0 heterocycles. The van der Waals surface area contributed by atoms with Gasteiger partial charge in [-0.25, -0.2) is 0 Å². The summed E-state index contributed by atoms with van der Waals surface area (Å²) in [5.41, 5.74) is 2.67. The Hall–Kier alpha value is -1.52. The third-order valence-electron chi connectivity index (χ3n) is 1.99. The van der Waals surface area contributed by atoms with Crippen LogP contribution in [0.25, 0.3) is 5.57 Å². The number of terminal acetylenes is 1. The Morgan fingerprint density at radius 3 is 2.46 bits per heavy atom. The molecular weight excluding hydrogens is 160 g/mol. The van der Waals surface area contributed by atoms with Gasteiger partial charge in [-0.2, -0.15) is 0 Å². The van der Waals surface area contributed by atoms with Gasteiger partial charge < -0.3 is 5.11 Å². The highest BCUT2D eigenvalue weighted by atomic mass is 16.3. The molecule has 0 saturated carbocycles. The molecule has 66 valence electrons. The van der Waals surface area contributed by atoms with E-state index in [1.807, 2.05) is 37.3 Å². The number of aliphatic hydroxyl groups is 1. The average molecular weight is 172 g/mol. The van der Waals surface area contributed by atoms with E-state index in [0.29, 0.717) is 5.57 Å². The second kappa shape index (κ2) is 4.49. The summed E-state index contributed by atoms with van der Waals surface area (Å²) in [5, 5.41) is 8.96. The first-order valence-corrected chi connectivity index (χ1v) is 4.12. The van der Waals surface area contributed by atoms with Gasteiger partial charge in [-0.1, -0.05) is 36.3 Å². The van der Waals surface area contributed by atoms with E-state index < -0.39 is 0 Å². The van der Waals surface area contributed by atoms with Crippen molar-refractivity contribution in [3.8, 4) is 12.3 Å². The van der Waals surface area contributed by atoms with E-state index in [4.69, 9.17) is 11.5 Å². The third kappa shape index (κ3) is 2.21. The van der Waals surface area contributed by atoms with E-state index in [0.717, 1.165) is 11.1 Å². The Bertz CT molecular complexity index is 341. The predicted molar refractivity (Wildman–Crippen MR) is 55.0 cm³/mol. The zero-order valence-electron chi connectivity index (χ0n) is 7.62. The maximum atomic E-state index is 8.96. The summed E-state index contributed by atoms with van der Waals surface area (Å²) in [6, 6.07) is 9.80. The second-order valence-corrected chi connectivity index (χ2v) is 2.77. The lowest BCUT2D eigenvalue weighted by molar-refractivity contribution is 0.336. The van der Waals surface area contributed by atoms with Crippen molar-refractivity contribution in [3.05, 3.63) is 41.5 Å². The van der Waals surface area contributed by atoms with Gasteiger partial charge in [0.1, 0.15) is 0 Å². The molecule has 0 aliphatic rings. The molecule has 0 unspecified atom stereocenters. The van der Waals surface area contributed by atoms with Crippen LogP contribution in [0.4, 0.5) is 0 Å². The lowest BCUT2D eigenvalue weighted by Crippen LogP contribution is -1.91. The Morgan fingerprint density at radius 1 is 1.38 bits per heavy atom. The maximum Gasteiger partial charge on any atom is 0.0763 e. The first-order chi connectivity index (χ1) is 6.29. The summed E-state index contributed by atoms with van der Waals surface area (Å²) < 4.78 is 0. The fourth-order valence-electron chi connectivity index (χ4n) is 1.13. The minimum Gasteiger partial charge on any atom is -0.391 e. The van der Waals surface area contributed by atoms with Crippen LogP contribution >= 0.6 is 0 Å². The summed E-state index contributed by atoms with van der Waals surface area (Å²) in [4.78, 5) is 0. The third-order valence-corrected chi connectivity index (χ3v) is 1.99. The normalized spacial score (nSPS) is 11.8. The molecule has 13 heavy (non-hydrogen) atoms. The van der Waals surface area contributed by atoms with Crippen molar-refractivity contribution in [2.45, 2.75) is 6.92 Å². The standard InChI is InChI=1S/C12H12O/c1-3-11(9-13)10(2)12-7-5-4-6-8-12/h1,4-8,13H,9H2,2H3/b11-10+. The molecular formula is C12H12O. The van der Waals surface area contributed by atoms with Gasteiger partial charge >= 0.3 is 0 Å². The van der Waals surface area contributed by atoms with E-state index in [9.17, 15) is 0 Å². The van der Waals surface area contributed by atoms with E-state index in [2.05, 4.69) is 5.92 Å². The number of hydrogen-bond donors (Lipinski definition) is 1. The molecule has 0 aliphatic carbocycles. The highest BCUT2D eigenvalue weighted by Gasteiger charge is 1.99. The molecule has 1 N–H and O–H groups in total. The molecule has 0 aromatic heterocycles. The van der Waals surface area contributed by atoms with Crippen LogP contribution in [-0.4, -0.2) is 11.7 Å². The quantitative estimate of drug-likeness (QED) is 0.677. The Labute approximate surface area is 78.7 Å². The molecule has 0 aliphatic heterocycles. The first-order valence-electron chi connectivity index (χ1n) is 4.12. The second-order valence-electron chi connectivity index (χ2n) is 2.77. The Balaban J connectivity index is 3.11. The van der Waals surface area contributed by atoms with Crippen LogP contribution in [0.3, 0.4) is 0 Å². The first kappa shape index (κ1) is 9.57. The molecule has 0 saturated heterocycles. The minimum atomic E-state index is -0.0722. The Morgan fingerprint density at radius 2 is 2.00 bits per heavy atom. The number of rotatable bonds is 2. The van der Waals surface area contributed by atoms with Crippen LogP contribution in [0.5, 0.6) is 0 Å². The average Bonchev–Trinajstić information content (AvgIpc) is 2.21. The van der Waals surface area contributed by atoms with Crippen molar-refractivity contribution in [3.63, 3.8) is 0 Å². The van der Waals surface area contributed by atoms with Crippen LogP contribution in [0.1, 0.15) is 12.5 Å². The largest absolute Gasteiger partial charge is 0.391 e. The molecule has 1 nitrogen and oxygen atoms in total. The number of allylic oxidation sites excluding steroid dienone is 1. The molecule has 0 spiro atoms. The zero-order valence-corrected chi connectivity index (χ0v) is 7.62. The molecule has 0 amide bonds. The van der Waals surface area contributed by atoms with Gasteiger partial charge in [0, 0.05) is 5.57 Å². The topological polar surface area (TPSA) is 20.2 Å². The Kier molecular flexibility index (Phi) is 3.31. The van der Waals surface area contributed by atoms with Gasteiger partial charge in [-0.05, 0) is 18.1 Å². The molecule has 0 fully saturated rings. The van der Waals surface area contributed by atoms with E-state index >= 15 is 0 Å². The fraction of sp³-hybridized carbons (Fsp3) is 0.167. The van der Waals surface area contributed by atoms with Crippen molar-refractivity contribution in [1.82, 2.24) is 0 Å². The smallest absolute Gasteiger partial charge is 0.0763 e. The molecule has 1 aromatic rings. The van der Waals surface area contributed by atoms with Crippen molar-refractivity contribution in [2.24, 2.45) is 0 Å². The monoisotopic (exact) mass is 172 g/mol. The van der Waals surface area contributed by atoms with Gasteiger partial charge in [0.05, 0.1) is 6.61 Å². The zero-order chi connectivity index (χ0) is 9.68. The molecule has 1 aromatic carbocycles. The molecule has 0 bridgehead atoms. The van der Waals surface area contributed by atoms with Gasteiger partial charge in [0.2, 0.25) is 0 Å². The maximum absolute atomic E-state index is 8.96. The minimum absolute atomic E-state index is 0.0722. The van der Waals surface area contributed by atoms with Gasteiger partial charge in [0.25, 0.3) is 0 Å². The summed E-state index contributed by atoms with van der Waals surface area (Å²) >= 11 is 0. The van der Waals surface area contributed by atoms with Crippen molar-refractivity contribution < 1.29 is 5.11 Å². The van der Waals surface area contributed by atoms with Crippen LogP contribution < -0.4 is 0 Å². The lowest BCUT2D eigenvalue weighted by atomic mass is 10.0. The highest BCUT2D eigenvalue weighted by molar-refractivity contribution is 5.70. The van der Waals surface area contributed by atoms with Gasteiger partial charge in [-0.15, -0.1) is 6.42 Å². The van der Waals surface area contributed by atoms with E-state index in [1.54, 1.807) is 0 Å². The van der Waals surface area contributed by atoms with Gasteiger partial charge in [-0.3, -0.25) is 0 Å². The van der Waals surface area contributed by atoms with Crippen LogP contribution in [0.2, 0.25) is 0 Å². The fourth-order valence-corrected chi connectivity index (χ4v) is 1.13. The molecule has 1 heteroatoms. The predicted octanol–water partition coefficient (Wildman–Crippen LogP) is 2.09. The summed E-state index contributed by atoms with van der Waals surface area (Å²) in [6.45, 7) is 1.85. The molecule has 0 atom stereocenters. The summed E-state index contributed by atoms with van der Waals surface area (Å²) in [5.74, 6) is 2.48. The van der Waals surface area contributed by atoms with Crippen molar-refractivity contribution in [1.29, 1.82) is 0 Å². The lowest BCUT2D eigenvalue weighted by Gasteiger charge is -2.03. The number of aliphatic hydroxyl groups excluding tert-OH is 1. The van der Waals surface area contributed by atoms with E-state index in [-0.39, 0.29) is 6.61 Å². The van der Waals surface area contributed by atoms with Gasteiger partial charge in [0.15, 0.2) is 0 Å². The van der Waals surface area contributed by atoms with E-state index in [1.165, 1.54) is 0 Å². The number of hydrogen-bond acceptors (Lipinski definition) is 1. The molecule has 0 radical (unpaired) electrons.